The van der Waals surface area contributed by atoms with Crippen LogP contribution in [0.4, 0.5) is 0 Å². The van der Waals surface area contributed by atoms with E-state index >= 15 is 0 Å². The summed E-state index contributed by atoms with van der Waals surface area (Å²) < 4.78 is 3.22. The van der Waals surface area contributed by atoms with Gasteiger partial charge in [0.2, 0.25) is 0 Å². The minimum absolute atomic E-state index is 0. The van der Waals surface area contributed by atoms with Crippen molar-refractivity contribution >= 4 is 12.1 Å². The summed E-state index contributed by atoms with van der Waals surface area (Å²) in [5, 5.41) is 2.95. The molecule has 1 unspecified atom stereocenters. The Bertz CT molecular complexity index is 1660. The molecule has 6 rings (SSSR count). The summed E-state index contributed by atoms with van der Waals surface area (Å²) in [6, 6.07) is 29.5. The van der Waals surface area contributed by atoms with Crippen molar-refractivity contribution in [2.24, 2.45) is 5.41 Å². The van der Waals surface area contributed by atoms with Crippen LogP contribution in [0, 0.1) is 12.3 Å². The zero-order valence-corrected chi connectivity index (χ0v) is 27.7. The molecule has 0 saturated carbocycles. The molecule has 0 amide bonds. The van der Waals surface area contributed by atoms with Gasteiger partial charge in [0.15, 0.2) is 0 Å². The second-order valence-electron chi connectivity index (χ2n) is 10.9. The molecule has 0 radical (unpaired) electrons. The van der Waals surface area contributed by atoms with Crippen LogP contribution in [-0.4, -0.2) is 3.21 Å². The van der Waals surface area contributed by atoms with E-state index in [2.05, 4.69) is 131 Å². The van der Waals surface area contributed by atoms with Crippen molar-refractivity contribution in [2.75, 3.05) is 0 Å². The summed E-state index contributed by atoms with van der Waals surface area (Å²) in [6.45, 7) is 9.44. The van der Waals surface area contributed by atoms with E-state index in [1.54, 1.807) is 17.6 Å². The maximum Gasteiger partial charge on any atom is -1.00 e. The topological polar surface area (TPSA) is 0 Å². The minimum atomic E-state index is -1.24. The molecule has 0 aliphatic heterocycles. The zero-order chi connectivity index (χ0) is 26.3. The van der Waals surface area contributed by atoms with Crippen LogP contribution in [0.5, 0.6) is 0 Å². The third-order valence-corrected chi connectivity index (χ3v) is 12.4. The van der Waals surface area contributed by atoms with Crippen LogP contribution in [0.1, 0.15) is 56.7 Å². The Labute approximate surface area is 262 Å². The van der Waals surface area contributed by atoms with Gasteiger partial charge >= 0.3 is 240 Å². The Kier molecular flexibility index (Phi) is 9.72. The normalized spacial score (nSPS) is 18.7. The minimum Gasteiger partial charge on any atom is -1.00 e. The second-order valence-corrected chi connectivity index (χ2v) is 14.0. The molecular weight excluding hydrogens is 607 g/mol. The second kappa shape index (κ2) is 12.7. The Hall–Kier alpha value is -2.31. The van der Waals surface area contributed by atoms with Crippen molar-refractivity contribution in [1.82, 2.24) is 0 Å². The number of halogens is 2. The van der Waals surface area contributed by atoms with Gasteiger partial charge in [-0.15, -0.1) is 0 Å². The van der Waals surface area contributed by atoms with Gasteiger partial charge in [-0.1, -0.05) is 0 Å². The van der Waals surface area contributed by atoms with Gasteiger partial charge in [-0.2, -0.15) is 0 Å². The number of hydrogen-bond donors (Lipinski definition) is 0. The SMILES string of the molecule is CCC1=CC(C)(CC)C(C2=CC=CC2)=C2[C]([Zr+2]=[C](c3ccccc3)c3ccccc3)=c3cc(C)ccc3=C12.[Cl-].[Cl-]. The molecule has 0 N–H and O–H groups in total. The van der Waals surface area contributed by atoms with Gasteiger partial charge in [0.1, 0.15) is 0 Å². The van der Waals surface area contributed by atoms with E-state index in [1.165, 1.54) is 43.8 Å². The number of fused-ring (bicyclic) bond motifs is 2. The quantitative estimate of drug-likeness (QED) is 0.384. The number of benzene rings is 3. The molecular formula is C37H35Cl2Zr. The van der Waals surface area contributed by atoms with Crippen molar-refractivity contribution in [3.63, 3.8) is 0 Å². The molecule has 201 valence electrons. The van der Waals surface area contributed by atoms with Crippen LogP contribution in [0.25, 0.3) is 8.85 Å². The summed E-state index contributed by atoms with van der Waals surface area (Å²) in [5.74, 6) is 0. The Balaban J connectivity index is 0.00000185. The smallest absolute Gasteiger partial charge is 1.00 e. The van der Waals surface area contributed by atoms with Gasteiger partial charge in [-0.3, -0.25) is 0 Å². The van der Waals surface area contributed by atoms with Gasteiger partial charge in [0.05, 0.1) is 0 Å². The predicted octanol–water partition coefficient (Wildman–Crippen LogP) is 1.58. The fraction of sp³-hybridized carbons (Fsp3) is 0.216. The third kappa shape index (κ3) is 5.34. The molecule has 0 fully saturated rings. The first-order valence-electron chi connectivity index (χ1n) is 14.0. The van der Waals surface area contributed by atoms with Crippen molar-refractivity contribution in [1.29, 1.82) is 0 Å². The van der Waals surface area contributed by atoms with Crippen molar-refractivity contribution in [2.45, 2.75) is 47.0 Å². The summed E-state index contributed by atoms with van der Waals surface area (Å²) in [6.07, 6.45) is 12.8. The molecule has 0 saturated heterocycles. The third-order valence-electron chi connectivity index (χ3n) is 8.43. The number of aryl methyl sites for hydroxylation is 1. The van der Waals surface area contributed by atoms with E-state index in [0.29, 0.717) is 0 Å². The molecule has 0 bridgehead atoms. The van der Waals surface area contributed by atoms with Crippen LogP contribution in [0.3, 0.4) is 0 Å². The summed E-state index contributed by atoms with van der Waals surface area (Å²) in [4.78, 5) is 0. The first-order valence-corrected chi connectivity index (χ1v) is 16.4. The summed E-state index contributed by atoms with van der Waals surface area (Å²) >= 11 is -1.24. The predicted molar refractivity (Wildman–Crippen MR) is 159 cm³/mol. The average Bonchev–Trinajstić information content (AvgIpc) is 3.59. The average molecular weight is 642 g/mol. The van der Waals surface area contributed by atoms with Gasteiger partial charge in [0.25, 0.3) is 0 Å². The summed E-state index contributed by atoms with van der Waals surface area (Å²) in [5.41, 5.74) is 11.9. The van der Waals surface area contributed by atoms with Gasteiger partial charge in [0, 0.05) is 0 Å². The van der Waals surface area contributed by atoms with Crippen LogP contribution in [-0.2, 0) is 22.8 Å². The van der Waals surface area contributed by atoms with E-state index < -0.39 is 22.8 Å². The molecule has 40 heavy (non-hydrogen) atoms. The molecule has 0 heterocycles. The van der Waals surface area contributed by atoms with Crippen LogP contribution in [0.2, 0.25) is 0 Å². The molecule has 3 aliphatic rings. The van der Waals surface area contributed by atoms with Crippen LogP contribution in [0.15, 0.2) is 125 Å². The number of allylic oxidation sites excluding steroid dienone is 8. The van der Waals surface area contributed by atoms with E-state index in [-0.39, 0.29) is 30.2 Å². The fourth-order valence-electron chi connectivity index (χ4n) is 6.37. The Morgan fingerprint density at radius 1 is 0.825 bits per heavy atom. The largest absolute Gasteiger partial charge is 1.00 e. The maximum atomic E-state index is 2.62. The standard InChI is InChI=1S/C24H25.C13H10.2ClH.Zr/c1-5-17-15-24(4,6-2)23(18-9-7-8-10-18)21-14-19-13-16(3)11-12-20(19)22(17)21;1-3-7-12(8-4-1)11-13-9-5-2-6-10-13;;;/h7-9,11-13,15H,5-6,10H2,1-4H3;1-10H;2*1H;/q;;;;+2/p-2. The molecule has 3 aliphatic carbocycles. The Morgan fingerprint density at radius 3 is 2.02 bits per heavy atom. The molecule has 0 aromatic heterocycles. The first-order chi connectivity index (χ1) is 18.5. The van der Waals surface area contributed by atoms with E-state index in [0.717, 1.165) is 19.3 Å². The maximum absolute atomic E-state index is 2.62. The van der Waals surface area contributed by atoms with E-state index in [4.69, 9.17) is 0 Å². The zero-order valence-electron chi connectivity index (χ0n) is 23.7. The van der Waals surface area contributed by atoms with Gasteiger partial charge < -0.3 is 24.8 Å². The fourth-order valence-corrected chi connectivity index (χ4v) is 10.3. The van der Waals surface area contributed by atoms with Crippen molar-refractivity contribution in [3.05, 3.63) is 153 Å². The molecule has 0 spiro atoms. The molecule has 0 nitrogen and oxygen atoms in total. The number of hydrogen-bond acceptors (Lipinski definition) is 0. The van der Waals surface area contributed by atoms with Gasteiger partial charge in [-0.25, -0.2) is 0 Å². The summed E-state index contributed by atoms with van der Waals surface area (Å²) in [7, 11) is 0. The van der Waals surface area contributed by atoms with Gasteiger partial charge in [-0.05, 0) is 0 Å². The van der Waals surface area contributed by atoms with Crippen LogP contribution >= 0.6 is 0 Å². The van der Waals surface area contributed by atoms with Crippen molar-refractivity contribution < 1.29 is 47.6 Å². The number of rotatable bonds is 6. The molecule has 3 aromatic rings. The van der Waals surface area contributed by atoms with E-state index in [9.17, 15) is 0 Å². The Morgan fingerprint density at radius 2 is 1.48 bits per heavy atom. The van der Waals surface area contributed by atoms with Crippen molar-refractivity contribution in [3.8, 4) is 0 Å². The molecule has 3 aromatic carbocycles. The van der Waals surface area contributed by atoms with Crippen LogP contribution < -0.4 is 35.3 Å². The first kappa shape index (κ1) is 30.6. The monoisotopic (exact) mass is 639 g/mol. The van der Waals surface area contributed by atoms with E-state index in [1.807, 2.05) is 0 Å². The molecule has 3 heteroatoms. The molecule has 1 atom stereocenters.